The first kappa shape index (κ1) is 15.8. The number of carboxylic acid groups (broad SMARTS) is 1. The average Bonchev–Trinajstić information content (AvgIpc) is 1.98. The topological polar surface area (TPSA) is 40.1 Å². The summed E-state index contributed by atoms with van der Waals surface area (Å²) < 4.78 is 0. The van der Waals surface area contributed by atoms with E-state index in [-0.39, 0.29) is 0 Å². The van der Waals surface area contributed by atoms with Crippen molar-refractivity contribution in [3.8, 4) is 0 Å². The second-order valence-corrected chi connectivity index (χ2v) is 12.2. The second-order valence-electron chi connectivity index (χ2n) is 3.35. The van der Waals surface area contributed by atoms with Gasteiger partial charge < -0.3 is 9.90 Å². The quantitative estimate of drug-likeness (QED) is 0.584. The van der Waals surface area contributed by atoms with E-state index in [0.29, 0.717) is 6.42 Å². The molecule has 0 bridgehead atoms. The summed E-state index contributed by atoms with van der Waals surface area (Å²) in [7, 11) is 0. The molecule has 0 aliphatic rings. The molecule has 0 aromatic rings. The Morgan fingerprint density at radius 2 is 1.92 bits per heavy atom. The number of thiocarbonyl (C=S) groups is 1. The van der Waals surface area contributed by atoms with E-state index in [9.17, 15) is 9.90 Å². The van der Waals surface area contributed by atoms with Crippen LogP contribution in [-0.4, -0.2) is 31.1 Å². The molecule has 2 nitrogen and oxygen atoms in total. The fourth-order valence-electron chi connectivity index (χ4n) is 0.552. The van der Waals surface area contributed by atoms with Crippen molar-refractivity contribution in [2.75, 3.05) is 0 Å². The van der Waals surface area contributed by atoms with Crippen molar-refractivity contribution >= 4 is 43.3 Å². The SMILES string of the molecule is CCCC(C=S)C(=O)[O-].[CH3][Sn+]([CH3])[CH3]. The minimum absolute atomic E-state index is 0.537. The van der Waals surface area contributed by atoms with Crippen LogP contribution in [-0.2, 0) is 4.79 Å². The Morgan fingerprint density at radius 3 is 2.00 bits per heavy atom. The summed E-state index contributed by atoms with van der Waals surface area (Å²) in [6.45, 7) is 1.91. The summed E-state index contributed by atoms with van der Waals surface area (Å²) in [4.78, 5) is 17.2. The molecule has 76 valence electrons. The molecule has 1 unspecified atom stereocenters. The van der Waals surface area contributed by atoms with E-state index >= 15 is 0 Å². The van der Waals surface area contributed by atoms with Gasteiger partial charge in [0.25, 0.3) is 0 Å². The summed E-state index contributed by atoms with van der Waals surface area (Å²) in [5.74, 6) is -1.60. The van der Waals surface area contributed by atoms with Gasteiger partial charge in [-0.1, -0.05) is 25.6 Å². The van der Waals surface area contributed by atoms with Crippen LogP contribution in [0.25, 0.3) is 0 Å². The van der Waals surface area contributed by atoms with E-state index in [0.717, 1.165) is 6.42 Å². The monoisotopic (exact) mass is 310 g/mol. The minimum atomic E-state index is -1.06. The molecule has 0 saturated heterocycles. The van der Waals surface area contributed by atoms with Gasteiger partial charge in [0.15, 0.2) is 0 Å². The van der Waals surface area contributed by atoms with Crippen LogP contribution < -0.4 is 5.11 Å². The molecule has 0 radical (unpaired) electrons. The molecule has 0 fully saturated rings. The number of hydrogen-bond acceptors (Lipinski definition) is 3. The molecule has 0 saturated carbocycles. The van der Waals surface area contributed by atoms with E-state index in [1.807, 2.05) is 6.92 Å². The van der Waals surface area contributed by atoms with E-state index in [1.165, 1.54) is 5.37 Å². The fourth-order valence-corrected chi connectivity index (χ4v) is 0.800. The van der Waals surface area contributed by atoms with Crippen LogP contribution in [0.2, 0.25) is 14.8 Å². The molecule has 0 heterocycles. The molecule has 0 N–H and O–H groups in total. The normalized spacial score (nSPS) is 10.8. The third-order valence-corrected chi connectivity index (χ3v) is 1.40. The number of carbonyl (C=O) groups is 1. The van der Waals surface area contributed by atoms with Crippen LogP contribution in [0.1, 0.15) is 19.8 Å². The van der Waals surface area contributed by atoms with Gasteiger partial charge in [0.05, 0.1) is 0 Å². The van der Waals surface area contributed by atoms with Gasteiger partial charge in [-0.3, -0.25) is 0 Å². The van der Waals surface area contributed by atoms with Gasteiger partial charge in [0.1, 0.15) is 0 Å². The van der Waals surface area contributed by atoms with Crippen molar-refractivity contribution in [3.63, 3.8) is 0 Å². The fraction of sp³-hybridized carbons (Fsp3) is 0.778. The van der Waals surface area contributed by atoms with Gasteiger partial charge in [0.2, 0.25) is 0 Å². The molecule has 0 aliphatic carbocycles. The summed E-state index contributed by atoms with van der Waals surface area (Å²) in [5.41, 5.74) is 0. The number of rotatable bonds is 4. The molecule has 0 aromatic heterocycles. The summed E-state index contributed by atoms with van der Waals surface area (Å²) in [5, 5.41) is 11.4. The summed E-state index contributed by atoms with van der Waals surface area (Å²) >= 11 is 3.93. The molecular weight excluding hydrogens is 291 g/mol. The van der Waals surface area contributed by atoms with Crippen LogP contribution in [0, 0.1) is 5.92 Å². The van der Waals surface area contributed by atoms with Crippen LogP contribution in [0.15, 0.2) is 0 Å². The molecule has 1 atom stereocenters. The maximum absolute atomic E-state index is 10.1. The predicted octanol–water partition coefficient (Wildman–Crippen LogP) is 1.52. The molecule has 4 heteroatoms. The number of hydrogen-bond donors (Lipinski definition) is 0. The molecule has 0 amide bonds. The van der Waals surface area contributed by atoms with Crippen LogP contribution in [0.5, 0.6) is 0 Å². The molecular formula is C9H18O2SSn. The first-order valence-electron chi connectivity index (χ1n) is 4.38. The van der Waals surface area contributed by atoms with Gasteiger partial charge in [-0.05, 0) is 11.8 Å². The van der Waals surface area contributed by atoms with E-state index in [1.54, 1.807) is 0 Å². The van der Waals surface area contributed by atoms with Gasteiger partial charge in [-0.15, -0.1) is 0 Å². The predicted molar refractivity (Wildman–Crippen MR) is 60.4 cm³/mol. The van der Waals surface area contributed by atoms with Crippen LogP contribution in [0.3, 0.4) is 0 Å². The number of carboxylic acids is 1. The maximum atomic E-state index is 10.1. The van der Waals surface area contributed by atoms with Gasteiger partial charge >= 0.3 is 34.6 Å². The summed E-state index contributed by atoms with van der Waals surface area (Å²) in [6.07, 6.45) is 1.41. The molecule has 0 aliphatic heterocycles. The number of aliphatic carboxylic acids is 1. The summed E-state index contributed by atoms with van der Waals surface area (Å²) in [6, 6.07) is 0. The van der Waals surface area contributed by atoms with Crippen LogP contribution >= 0.6 is 12.2 Å². The zero-order valence-electron chi connectivity index (χ0n) is 8.79. The Kier molecular flexibility index (Phi) is 12.7. The van der Waals surface area contributed by atoms with Crippen LogP contribution in [0.4, 0.5) is 0 Å². The van der Waals surface area contributed by atoms with Crippen molar-refractivity contribution in [3.05, 3.63) is 0 Å². The van der Waals surface area contributed by atoms with Gasteiger partial charge in [-0.25, -0.2) is 0 Å². The zero-order chi connectivity index (χ0) is 10.9. The van der Waals surface area contributed by atoms with Gasteiger partial charge in [-0.2, -0.15) is 0 Å². The Bertz CT molecular complexity index is 146. The number of carbonyl (C=O) groups excluding carboxylic acids is 1. The van der Waals surface area contributed by atoms with Crippen molar-refractivity contribution in [2.45, 2.75) is 34.6 Å². The van der Waals surface area contributed by atoms with E-state index in [4.69, 9.17) is 0 Å². The van der Waals surface area contributed by atoms with Crippen molar-refractivity contribution in [2.24, 2.45) is 5.92 Å². The average molecular weight is 309 g/mol. The molecule has 0 rings (SSSR count). The van der Waals surface area contributed by atoms with E-state index < -0.39 is 31.6 Å². The first-order chi connectivity index (χ1) is 5.95. The molecule has 0 aromatic carbocycles. The van der Waals surface area contributed by atoms with Crippen molar-refractivity contribution in [1.29, 1.82) is 0 Å². The van der Waals surface area contributed by atoms with Crippen molar-refractivity contribution < 1.29 is 9.90 Å². The molecule has 0 spiro atoms. The Balaban J connectivity index is 0. The Labute approximate surface area is 93.5 Å². The Hall–Kier alpha value is 0.359. The third-order valence-electron chi connectivity index (χ3n) is 1.07. The van der Waals surface area contributed by atoms with Gasteiger partial charge in [0, 0.05) is 11.9 Å². The van der Waals surface area contributed by atoms with Crippen molar-refractivity contribution in [1.82, 2.24) is 0 Å². The van der Waals surface area contributed by atoms with E-state index in [2.05, 4.69) is 27.0 Å². The standard InChI is InChI=1S/C6H10O2S.3CH3.Sn/c1-2-3-5(4-9)6(7)8;;;;/h4-5H,2-3H2,1H3,(H,7,8);3*1H3;/q;;;;+1/p-1. The second kappa shape index (κ2) is 10.4. The molecule has 13 heavy (non-hydrogen) atoms. The zero-order valence-corrected chi connectivity index (χ0v) is 12.5. The first-order valence-corrected chi connectivity index (χ1v) is 13.4. The third kappa shape index (κ3) is 15.1. The Morgan fingerprint density at radius 1 is 1.54 bits per heavy atom.